The fourth-order valence-corrected chi connectivity index (χ4v) is 3.07. The topological polar surface area (TPSA) is 89.3 Å². The van der Waals surface area contributed by atoms with Gasteiger partial charge in [-0.15, -0.1) is 11.6 Å². The molecule has 1 aromatic carbocycles. The summed E-state index contributed by atoms with van der Waals surface area (Å²) in [5.74, 6) is -1.25. The quantitative estimate of drug-likeness (QED) is 0.496. The number of hydrogen-bond acceptors (Lipinski definition) is 4. The molecule has 0 heterocycles. The molecule has 9 heteroatoms. The first kappa shape index (κ1) is 15.6. The minimum Gasteiger partial charge on any atom is -0.277 e. The second kappa shape index (κ2) is 6.16. The monoisotopic (exact) mass is 310 g/mol. The number of nitro benzene ring substituents is 1. The van der Waals surface area contributed by atoms with Crippen molar-refractivity contribution in [1.29, 1.82) is 0 Å². The molecular weight excluding hydrogens is 299 g/mol. The van der Waals surface area contributed by atoms with Gasteiger partial charge in [0.25, 0.3) is 5.69 Å². The minimum atomic E-state index is -3.78. The molecule has 0 bridgehead atoms. The number of nitro groups is 1. The predicted molar refractivity (Wildman–Crippen MR) is 70.3 cm³/mol. The van der Waals surface area contributed by atoms with Gasteiger partial charge in [0.2, 0.25) is 10.0 Å². The van der Waals surface area contributed by atoms with Crippen molar-refractivity contribution in [3.05, 3.63) is 34.1 Å². The van der Waals surface area contributed by atoms with Gasteiger partial charge in [0, 0.05) is 5.88 Å². The van der Waals surface area contributed by atoms with E-state index < -0.39 is 26.5 Å². The number of sulfonamides is 1. The summed E-state index contributed by atoms with van der Waals surface area (Å²) in [4.78, 5) is 9.87. The Hall–Kier alpha value is -1.41. The Labute approximate surface area is 114 Å². The van der Waals surface area contributed by atoms with Crippen molar-refractivity contribution in [2.75, 3.05) is 16.4 Å². The minimum absolute atomic E-state index is 0.145. The summed E-state index contributed by atoms with van der Waals surface area (Å²) in [5.41, 5.74) is -0.907. The first-order chi connectivity index (χ1) is 8.75. The van der Waals surface area contributed by atoms with E-state index in [1.54, 1.807) is 6.92 Å². The lowest BCUT2D eigenvalue weighted by Crippen LogP contribution is -2.22. The van der Waals surface area contributed by atoms with Gasteiger partial charge in [-0.1, -0.05) is 6.92 Å². The number of alkyl halides is 1. The SMILES string of the molecule is CC(CCl)CS(=O)(=O)Nc1ccc(F)cc1[N+](=O)[O-]. The number of nitrogens with one attached hydrogen (secondary N) is 1. The molecule has 106 valence electrons. The zero-order chi connectivity index (χ0) is 14.6. The van der Waals surface area contributed by atoms with Gasteiger partial charge in [-0.3, -0.25) is 14.8 Å². The second-order valence-electron chi connectivity index (χ2n) is 4.06. The summed E-state index contributed by atoms with van der Waals surface area (Å²) in [5, 5.41) is 10.7. The third-order valence-electron chi connectivity index (χ3n) is 2.19. The average molecular weight is 311 g/mol. The van der Waals surface area contributed by atoms with E-state index in [0.717, 1.165) is 12.1 Å². The van der Waals surface area contributed by atoms with Crippen LogP contribution in [0.25, 0.3) is 0 Å². The second-order valence-corrected chi connectivity index (χ2v) is 6.14. The summed E-state index contributed by atoms with van der Waals surface area (Å²) in [6, 6.07) is 2.61. The van der Waals surface area contributed by atoms with E-state index in [9.17, 15) is 22.9 Å². The van der Waals surface area contributed by atoms with Gasteiger partial charge in [-0.2, -0.15) is 0 Å². The van der Waals surface area contributed by atoms with E-state index in [2.05, 4.69) is 4.72 Å². The van der Waals surface area contributed by atoms with Crippen LogP contribution in [0.2, 0.25) is 0 Å². The molecule has 0 saturated heterocycles. The number of rotatable bonds is 6. The molecular formula is C10H12ClFN2O4S. The Morgan fingerprint density at radius 2 is 2.16 bits per heavy atom. The van der Waals surface area contributed by atoms with E-state index in [-0.39, 0.29) is 23.2 Å². The standard InChI is InChI=1S/C10H12ClFN2O4S/c1-7(5-11)6-19(17,18)13-9-3-2-8(12)4-10(9)14(15)16/h2-4,7,13H,5-6H2,1H3. The van der Waals surface area contributed by atoms with E-state index >= 15 is 0 Å². The van der Waals surface area contributed by atoms with Gasteiger partial charge >= 0.3 is 0 Å². The highest BCUT2D eigenvalue weighted by atomic mass is 35.5. The number of halogens is 2. The van der Waals surface area contributed by atoms with Gasteiger partial charge in [0.15, 0.2) is 0 Å². The molecule has 1 aromatic rings. The maximum atomic E-state index is 12.9. The zero-order valence-corrected chi connectivity index (χ0v) is 11.5. The van der Waals surface area contributed by atoms with Gasteiger partial charge in [-0.05, 0) is 18.1 Å². The van der Waals surface area contributed by atoms with Crippen LogP contribution < -0.4 is 4.72 Å². The molecule has 0 fully saturated rings. The number of anilines is 1. The van der Waals surface area contributed by atoms with Crippen LogP contribution in [-0.2, 0) is 10.0 Å². The highest BCUT2D eigenvalue weighted by molar-refractivity contribution is 7.92. The molecule has 0 saturated carbocycles. The number of nitrogens with zero attached hydrogens (tertiary/aromatic N) is 1. The van der Waals surface area contributed by atoms with Crippen LogP contribution >= 0.6 is 11.6 Å². The van der Waals surface area contributed by atoms with Gasteiger partial charge in [-0.25, -0.2) is 12.8 Å². The Morgan fingerprint density at radius 3 is 2.68 bits per heavy atom. The maximum absolute atomic E-state index is 12.9. The molecule has 1 unspecified atom stereocenters. The lowest BCUT2D eigenvalue weighted by atomic mass is 10.3. The molecule has 0 aromatic heterocycles. The average Bonchev–Trinajstić information content (AvgIpc) is 2.30. The predicted octanol–water partition coefficient (Wildman–Crippen LogP) is 2.35. The molecule has 19 heavy (non-hydrogen) atoms. The third kappa shape index (κ3) is 4.64. The van der Waals surface area contributed by atoms with E-state index in [0.29, 0.717) is 6.07 Å². The molecule has 0 aliphatic carbocycles. The number of hydrogen-bond donors (Lipinski definition) is 1. The molecule has 1 atom stereocenters. The van der Waals surface area contributed by atoms with Crippen LogP contribution in [0.1, 0.15) is 6.92 Å². The van der Waals surface area contributed by atoms with Crippen molar-refractivity contribution < 1.29 is 17.7 Å². The highest BCUT2D eigenvalue weighted by Crippen LogP contribution is 2.26. The molecule has 0 aliphatic rings. The van der Waals surface area contributed by atoms with Crippen LogP contribution in [0, 0.1) is 21.8 Å². The molecule has 0 radical (unpaired) electrons. The van der Waals surface area contributed by atoms with Crippen molar-refractivity contribution in [1.82, 2.24) is 0 Å². The lowest BCUT2D eigenvalue weighted by Gasteiger charge is -2.11. The van der Waals surface area contributed by atoms with Crippen molar-refractivity contribution >= 4 is 33.0 Å². The Kier molecular flexibility index (Phi) is 5.07. The molecule has 1 rings (SSSR count). The van der Waals surface area contributed by atoms with E-state index in [1.807, 2.05) is 0 Å². The fraction of sp³-hybridized carbons (Fsp3) is 0.400. The van der Waals surface area contributed by atoms with Crippen LogP contribution in [0.5, 0.6) is 0 Å². The summed E-state index contributed by atoms with van der Waals surface area (Å²) >= 11 is 5.51. The molecule has 6 nitrogen and oxygen atoms in total. The smallest absolute Gasteiger partial charge is 0.277 e. The van der Waals surface area contributed by atoms with Crippen molar-refractivity contribution in [2.45, 2.75) is 6.92 Å². The molecule has 0 aliphatic heterocycles. The third-order valence-corrected chi connectivity index (χ3v) is 4.25. The van der Waals surface area contributed by atoms with Crippen LogP contribution in [0.3, 0.4) is 0 Å². The number of benzene rings is 1. The van der Waals surface area contributed by atoms with Crippen LogP contribution in [-0.4, -0.2) is 25.0 Å². The molecule has 0 amide bonds. The van der Waals surface area contributed by atoms with E-state index in [1.165, 1.54) is 0 Å². The van der Waals surface area contributed by atoms with Crippen molar-refractivity contribution in [2.24, 2.45) is 5.92 Å². The van der Waals surface area contributed by atoms with Gasteiger partial charge < -0.3 is 0 Å². The van der Waals surface area contributed by atoms with Gasteiger partial charge in [0.1, 0.15) is 11.5 Å². The largest absolute Gasteiger partial charge is 0.296 e. The summed E-state index contributed by atoms with van der Waals surface area (Å²) in [6.07, 6.45) is 0. The zero-order valence-electron chi connectivity index (χ0n) is 9.97. The van der Waals surface area contributed by atoms with E-state index in [4.69, 9.17) is 11.6 Å². The lowest BCUT2D eigenvalue weighted by molar-refractivity contribution is -0.384. The van der Waals surface area contributed by atoms with Gasteiger partial charge in [0.05, 0.1) is 16.7 Å². The van der Waals surface area contributed by atoms with Crippen molar-refractivity contribution in [3.63, 3.8) is 0 Å². The first-order valence-corrected chi connectivity index (χ1v) is 7.44. The van der Waals surface area contributed by atoms with Crippen LogP contribution in [0.4, 0.5) is 15.8 Å². The Balaban J connectivity index is 3.02. The Morgan fingerprint density at radius 1 is 1.53 bits per heavy atom. The first-order valence-electron chi connectivity index (χ1n) is 5.25. The maximum Gasteiger partial charge on any atom is 0.296 e. The molecule has 1 N–H and O–H groups in total. The molecule has 0 spiro atoms. The summed E-state index contributed by atoms with van der Waals surface area (Å²) in [6.45, 7) is 1.63. The normalized spacial score (nSPS) is 13.0. The Bertz CT molecular complexity index is 579. The summed E-state index contributed by atoms with van der Waals surface area (Å²) in [7, 11) is -3.78. The fourth-order valence-electron chi connectivity index (χ4n) is 1.37. The van der Waals surface area contributed by atoms with Crippen LogP contribution in [0.15, 0.2) is 18.2 Å². The summed E-state index contributed by atoms with van der Waals surface area (Å²) < 4.78 is 38.5. The highest BCUT2D eigenvalue weighted by Gasteiger charge is 2.21. The van der Waals surface area contributed by atoms with Crippen molar-refractivity contribution in [3.8, 4) is 0 Å².